The van der Waals surface area contributed by atoms with Gasteiger partial charge in [-0.15, -0.1) is 0 Å². The van der Waals surface area contributed by atoms with Crippen molar-refractivity contribution < 1.29 is 17.5 Å². The van der Waals surface area contributed by atoms with Crippen LogP contribution in [-0.4, -0.2) is 21.6 Å². The van der Waals surface area contributed by atoms with E-state index in [4.69, 9.17) is 4.74 Å². The minimum atomic E-state index is -3.76. The minimum Gasteiger partial charge on any atom is -0.497 e. The fourth-order valence-electron chi connectivity index (χ4n) is 4.32. The summed E-state index contributed by atoms with van der Waals surface area (Å²) < 4.78 is 48.7. The zero-order chi connectivity index (χ0) is 22.9. The topological polar surface area (TPSA) is 46.6 Å². The molecule has 0 spiro atoms. The molecule has 4 rings (SSSR count). The fourth-order valence-corrected chi connectivity index (χ4v) is 6.06. The summed E-state index contributed by atoms with van der Waals surface area (Å²) in [7, 11) is -2.26. The van der Waals surface area contributed by atoms with E-state index < -0.39 is 10.0 Å². The Bertz CT molecular complexity index is 1220. The molecule has 0 radical (unpaired) electrons. The summed E-state index contributed by atoms with van der Waals surface area (Å²) in [6, 6.07) is 17.5. The number of nitrogens with zero attached hydrogens (tertiary/aromatic N) is 1. The summed E-state index contributed by atoms with van der Waals surface area (Å²) in [6.45, 7) is 3.90. The van der Waals surface area contributed by atoms with E-state index in [1.54, 1.807) is 28.6 Å². The first-order chi connectivity index (χ1) is 15.3. The van der Waals surface area contributed by atoms with Crippen molar-refractivity contribution in [3.05, 3.63) is 88.7 Å². The molecule has 1 atom stereocenters. The van der Waals surface area contributed by atoms with Gasteiger partial charge in [-0.05, 0) is 80.5 Å². The molecule has 1 unspecified atom stereocenters. The SMILES string of the molecule is COc1ccc(CCC2CCc3ccc(C)cc3N2S(=O)(=O)c2ccc(C)cc2)c(F)c1. The normalized spacial score (nSPS) is 16.0. The van der Waals surface area contributed by atoms with Crippen molar-refractivity contribution in [2.45, 2.75) is 50.5 Å². The van der Waals surface area contributed by atoms with E-state index in [1.807, 2.05) is 44.2 Å². The number of aryl methyl sites for hydroxylation is 4. The van der Waals surface area contributed by atoms with Crippen LogP contribution in [0.2, 0.25) is 0 Å². The number of rotatable bonds is 6. The number of ether oxygens (including phenoxy) is 1. The molecular weight excluding hydrogens is 425 g/mol. The molecule has 3 aromatic carbocycles. The zero-order valence-corrected chi connectivity index (χ0v) is 19.5. The lowest BCUT2D eigenvalue weighted by Gasteiger charge is -2.38. The van der Waals surface area contributed by atoms with Crippen LogP contribution in [0, 0.1) is 19.7 Å². The Morgan fingerprint density at radius 2 is 1.72 bits per heavy atom. The van der Waals surface area contributed by atoms with Crippen LogP contribution in [0.25, 0.3) is 0 Å². The van der Waals surface area contributed by atoms with Crippen molar-refractivity contribution in [3.8, 4) is 5.75 Å². The predicted molar refractivity (Wildman–Crippen MR) is 125 cm³/mol. The molecule has 1 aliphatic rings. The van der Waals surface area contributed by atoms with Crippen LogP contribution in [0.15, 0.2) is 65.6 Å². The lowest BCUT2D eigenvalue weighted by Crippen LogP contribution is -2.44. The molecule has 168 valence electrons. The molecule has 0 bridgehead atoms. The third-order valence-corrected chi connectivity index (χ3v) is 8.02. The Balaban J connectivity index is 1.70. The quantitative estimate of drug-likeness (QED) is 0.489. The number of methoxy groups -OCH3 is 1. The van der Waals surface area contributed by atoms with E-state index in [9.17, 15) is 12.8 Å². The second-order valence-electron chi connectivity index (χ2n) is 8.43. The summed E-state index contributed by atoms with van der Waals surface area (Å²) >= 11 is 0. The van der Waals surface area contributed by atoms with Gasteiger partial charge in [0.2, 0.25) is 0 Å². The summed E-state index contributed by atoms with van der Waals surface area (Å²) in [5.41, 5.74) is 4.34. The van der Waals surface area contributed by atoms with E-state index in [-0.39, 0.29) is 16.8 Å². The maximum Gasteiger partial charge on any atom is 0.264 e. The minimum absolute atomic E-state index is 0.253. The van der Waals surface area contributed by atoms with Crippen LogP contribution in [-0.2, 0) is 22.9 Å². The molecule has 0 saturated heterocycles. The maximum atomic E-state index is 14.5. The number of fused-ring (bicyclic) bond motifs is 1. The molecule has 0 aromatic heterocycles. The summed E-state index contributed by atoms with van der Waals surface area (Å²) in [4.78, 5) is 0.276. The molecule has 0 aliphatic carbocycles. The van der Waals surface area contributed by atoms with Crippen molar-refractivity contribution >= 4 is 15.7 Å². The van der Waals surface area contributed by atoms with Crippen LogP contribution in [0.5, 0.6) is 5.75 Å². The Kier molecular flexibility index (Phi) is 6.24. The summed E-state index contributed by atoms with van der Waals surface area (Å²) in [5, 5.41) is 0. The third kappa shape index (κ3) is 4.37. The second-order valence-corrected chi connectivity index (χ2v) is 10.2. The third-order valence-electron chi connectivity index (χ3n) is 6.14. The molecule has 4 nitrogen and oxygen atoms in total. The van der Waals surface area contributed by atoms with Crippen LogP contribution < -0.4 is 9.04 Å². The van der Waals surface area contributed by atoms with Crippen molar-refractivity contribution in [2.24, 2.45) is 0 Å². The van der Waals surface area contributed by atoms with Gasteiger partial charge >= 0.3 is 0 Å². The van der Waals surface area contributed by atoms with E-state index >= 15 is 0 Å². The molecule has 0 saturated carbocycles. The van der Waals surface area contributed by atoms with Gasteiger partial charge in [0.15, 0.2) is 0 Å². The highest BCUT2D eigenvalue weighted by Crippen LogP contribution is 2.38. The van der Waals surface area contributed by atoms with Crippen LogP contribution in [0.1, 0.15) is 35.1 Å². The zero-order valence-electron chi connectivity index (χ0n) is 18.6. The molecule has 6 heteroatoms. The van der Waals surface area contributed by atoms with Gasteiger partial charge in [-0.2, -0.15) is 0 Å². The number of sulfonamides is 1. The molecule has 3 aromatic rings. The van der Waals surface area contributed by atoms with Gasteiger partial charge in [0, 0.05) is 12.1 Å². The lowest BCUT2D eigenvalue weighted by molar-refractivity contribution is 0.410. The van der Waals surface area contributed by atoms with Crippen molar-refractivity contribution in [2.75, 3.05) is 11.4 Å². The Morgan fingerprint density at radius 3 is 2.41 bits per heavy atom. The number of hydrogen-bond donors (Lipinski definition) is 0. The van der Waals surface area contributed by atoms with Crippen LogP contribution in [0.4, 0.5) is 10.1 Å². The van der Waals surface area contributed by atoms with Crippen molar-refractivity contribution in [1.29, 1.82) is 0 Å². The van der Waals surface area contributed by atoms with Crippen LogP contribution >= 0.6 is 0 Å². The highest BCUT2D eigenvalue weighted by Gasteiger charge is 2.36. The van der Waals surface area contributed by atoms with E-state index in [2.05, 4.69) is 0 Å². The Hall–Kier alpha value is -2.86. The first-order valence-corrected chi connectivity index (χ1v) is 12.3. The molecule has 1 aliphatic heterocycles. The van der Waals surface area contributed by atoms with E-state index in [1.165, 1.54) is 13.2 Å². The fraction of sp³-hybridized carbons (Fsp3) is 0.308. The largest absolute Gasteiger partial charge is 0.497 e. The summed E-state index contributed by atoms with van der Waals surface area (Å²) in [6.07, 6.45) is 2.47. The monoisotopic (exact) mass is 453 g/mol. The highest BCUT2D eigenvalue weighted by atomic mass is 32.2. The van der Waals surface area contributed by atoms with Gasteiger partial charge in [-0.1, -0.05) is 35.9 Å². The average Bonchev–Trinajstić information content (AvgIpc) is 2.77. The first-order valence-electron chi connectivity index (χ1n) is 10.8. The highest BCUT2D eigenvalue weighted by molar-refractivity contribution is 7.92. The number of benzene rings is 3. The van der Waals surface area contributed by atoms with Gasteiger partial charge in [0.05, 0.1) is 17.7 Å². The predicted octanol–water partition coefficient (Wildman–Crippen LogP) is 5.59. The standard InChI is InChI=1S/C26H28FNO3S/c1-18-5-14-24(15-6-18)32(29,30)28-22(12-9-21-7-4-19(2)16-26(21)28)11-8-20-10-13-23(31-3)17-25(20)27/h4-7,10,13-17,22H,8-9,11-12H2,1-3H3. The van der Waals surface area contributed by atoms with Crippen molar-refractivity contribution in [3.63, 3.8) is 0 Å². The second kappa shape index (κ2) is 8.94. The van der Waals surface area contributed by atoms with Crippen LogP contribution in [0.3, 0.4) is 0 Å². The molecule has 32 heavy (non-hydrogen) atoms. The Morgan fingerprint density at radius 1 is 1.00 bits per heavy atom. The van der Waals surface area contributed by atoms with E-state index in [0.717, 1.165) is 28.8 Å². The lowest BCUT2D eigenvalue weighted by atomic mass is 9.93. The van der Waals surface area contributed by atoms with Crippen molar-refractivity contribution in [1.82, 2.24) is 0 Å². The average molecular weight is 454 g/mol. The maximum absolute atomic E-state index is 14.5. The van der Waals surface area contributed by atoms with Gasteiger partial charge in [0.25, 0.3) is 10.0 Å². The Labute approximate surface area is 189 Å². The molecule has 1 heterocycles. The smallest absolute Gasteiger partial charge is 0.264 e. The summed E-state index contributed by atoms with van der Waals surface area (Å²) in [5.74, 6) is 0.140. The molecule has 0 fully saturated rings. The van der Waals surface area contributed by atoms with Gasteiger partial charge in [-0.25, -0.2) is 12.8 Å². The molecular formula is C26H28FNO3S. The number of halogens is 1. The first kappa shape index (κ1) is 22.3. The van der Waals surface area contributed by atoms with Gasteiger partial charge in [-0.3, -0.25) is 4.31 Å². The number of anilines is 1. The van der Waals surface area contributed by atoms with Gasteiger partial charge < -0.3 is 4.74 Å². The number of hydrogen-bond acceptors (Lipinski definition) is 3. The van der Waals surface area contributed by atoms with E-state index in [0.29, 0.717) is 30.6 Å². The molecule has 0 N–H and O–H groups in total. The van der Waals surface area contributed by atoms with Gasteiger partial charge in [0.1, 0.15) is 11.6 Å². The molecule has 0 amide bonds.